The van der Waals surface area contributed by atoms with E-state index in [4.69, 9.17) is 0 Å². The predicted octanol–water partition coefficient (Wildman–Crippen LogP) is 0.429. The molecule has 0 aromatic carbocycles. The van der Waals surface area contributed by atoms with Gasteiger partial charge in [-0.15, -0.1) is 5.10 Å². The van der Waals surface area contributed by atoms with Gasteiger partial charge in [0.1, 0.15) is 18.6 Å². The summed E-state index contributed by atoms with van der Waals surface area (Å²) in [5.74, 6) is -4.96. The van der Waals surface area contributed by atoms with Crippen LogP contribution in [0.4, 0.5) is 8.78 Å². The number of hydrogen-bond donors (Lipinski definition) is 0. The third-order valence-corrected chi connectivity index (χ3v) is 2.03. The number of ketones is 1. The Morgan fingerprint density at radius 1 is 1.41 bits per heavy atom. The molecule has 0 aliphatic heterocycles. The molecule has 2 aromatic heterocycles. The summed E-state index contributed by atoms with van der Waals surface area (Å²) >= 11 is 0. The highest BCUT2D eigenvalue weighted by Gasteiger charge is 2.41. The van der Waals surface area contributed by atoms with Crippen LogP contribution in [-0.2, 0) is 17.3 Å². The van der Waals surface area contributed by atoms with Gasteiger partial charge in [0, 0.05) is 6.20 Å². The average Bonchev–Trinajstić information content (AvgIpc) is 2.83. The van der Waals surface area contributed by atoms with Crippen LogP contribution in [0.5, 0.6) is 0 Å². The Balaban J connectivity index is 2.18. The summed E-state index contributed by atoms with van der Waals surface area (Å²) in [5.41, 5.74) is -0.585. The van der Waals surface area contributed by atoms with Crippen molar-refractivity contribution >= 4 is 5.78 Å². The van der Waals surface area contributed by atoms with Crippen LogP contribution in [0.25, 0.3) is 0 Å². The number of alkyl halides is 2. The minimum absolute atomic E-state index is 0.585. The van der Waals surface area contributed by atoms with E-state index in [1.165, 1.54) is 18.3 Å². The summed E-state index contributed by atoms with van der Waals surface area (Å²) in [4.78, 5) is 14.9. The molecule has 0 unspecified atom stereocenters. The van der Waals surface area contributed by atoms with E-state index in [9.17, 15) is 13.6 Å². The van der Waals surface area contributed by atoms with Gasteiger partial charge in [-0.3, -0.25) is 9.78 Å². The molecule has 0 N–H and O–H groups in total. The molecule has 0 aliphatic carbocycles. The van der Waals surface area contributed by atoms with E-state index < -0.39 is 23.9 Å². The zero-order chi connectivity index (χ0) is 12.3. The fourth-order valence-electron chi connectivity index (χ4n) is 1.19. The normalized spacial score (nSPS) is 11.4. The zero-order valence-corrected chi connectivity index (χ0v) is 8.49. The van der Waals surface area contributed by atoms with Gasteiger partial charge in [-0.05, 0) is 22.6 Å². The van der Waals surface area contributed by atoms with Crippen LogP contribution in [0.1, 0.15) is 5.69 Å². The Kier molecular flexibility index (Phi) is 2.86. The summed E-state index contributed by atoms with van der Waals surface area (Å²) in [6, 6.07) is 3.98. The van der Waals surface area contributed by atoms with Crippen molar-refractivity contribution in [1.82, 2.24) is 25.2 Å². The average molecular weight is 239 g/mol. The van der Waals surface area contributed by atoms with Gasteiger partial charge in [0.15, 0.2) is 0 Å². The van der Waals surface area contributed by atoms with Gasteiger partial charge in [-0.1, -0.05) is 6.07 Å². The van der Waals surface area contributed by atoms with Crippen molar-refractivity contribution in [3.05, 3.63) is 36.4 Å². The SMILES string of the molecule is O=C(Cn1cnnn1)C(F)(F)c1ccccn1. The van der Waals surface area contributed by atoms with Crippen LogP contribution >= 0.6 is 0 Å². The lowest BCUT2D eigenvalue weighted by Crippen LogP contribution is -2.30. The largest absolute Gasteiger partial charge is 0.348 e. The number of carbonyl (C=O) groups is 1. The molecule has 88 valence electrons. The monoisotopic (exact) mass is 239 g/mol. The molecule has 0 atom stereocenters. The quantitative estimate of drug-likeness (QED) is 0.773. The van der Waals surface area contributed by atoms with Gasteiger partial charge in [-0.25, -0.2) is 4.68 Å². The van der Waals surface area contributed by atoms with Gasteiger partial charge >= 0.3 is 5.92 Å². The van der Waals surface area contributed by atoms with Crippen LogP contribution in [0.2, 0.25) is 0 Å². The molecule has 0 bridgehead atoms. The number of Topliss-reactive ketones (excluding diaryl/α,β-unsaturated/α-hetero) is 1. The lowest BCUT2D eigenvalue weighted by atomic mass is 10.1. The Bertz CT molecular complexity index is 499. The molecule has 0 saturated heterocycles. The molecule has 0 aliphatic rings. The van der Waals surface area contributed by atoms with Crippen LogP contribution in [-0.4, -0.2) is 31.0 Å². The van der Waals surface area contributed by atoms with E-state index in [2.05, 4.69) is 20.5 Å². The van der Waals surface area contributed by atoms with E-state index in [0.717, 1.165) is 17.1 Å². The standard InChI is InChI=1S/C9H7F2N5O/c10-9(11,7-3-1-2-4-12-7)8(17)5-16-6-13-14-15-16/h1-4,6H,5H2. The highest BCUT2D eigenvalue weighted by molar-refractivity contribution is 5.86. The maximum absolute atomic E-state index is 13.6. The van der Waals surface area contributed by atoms with Gasteiger partial charge in [0.25, 0.3) is 0 Å². The molecule has 0 spiro atoms. The maximum Gasteiger partial charge on any atom is 0.348 e. The van der Waals surface area contributed by atoms with Crippen molar-refractivity contribution in [1.29, 1.82) is 0 Å². The van der Waals surface area contributed by atoms with E-state index in [0.29, 0.717) is 0 Å². The molecule has 2 aromatic rings. The zero-order valence-electron chi connectivity index (χ0n) is 8.49. The van der Waals surface area contributed by atoms with Crippen molar-refractivity contribution in [2.24, 2.45) is 0 Å². The highest BCUT2D eigenvalue weighted by Crippen LogP contribution is 2.27. The summed E-state index contributed by atoms with van der Waals surface area (Å²) in [6.07, 6.45) is 2.29. The summed E-state index contributed by atoms with van der Waals surface area (Å²) < 4.78 is 28.2. The van der Waals surface area contributed by atoms with Crippen molar-refractivity contribution in [3.8, 4) is 0 Å². The number of rotatable bonds is 4. The number of nitrogens with zero attached hydrogens (tertiary/aromatic N) is 5. The number of tetrazole rings is 1. The second kappa shape index (κ2) is 4.32. The smallest absolute Gasteiger partial charge is 0.290 e. The predicted molar refractivity (Wildman–Crippen MR) is 51.0 cm³/mol. The molecule has 0 amide bonds. The second-order valence-corrected chi connectivity index (χ2v) is 3.22. The Labute approximate surface area is 94.3 Å². The molecule has 2 rings (SSSR count). The molecule has 0 radical (unpaired) electrons. The highest BCUT2D eigenvalue weighted by atomic mass is 19.3. The molecule has 2 heterocycles. The molecule has 0 saturated carbocycles. The number of pyridine rings is 1. The van der Waals surface area contributed by atoms with Crippen molar-refractivity contribution < 1.29 is 13.6 Å². The van der Waals surface area contributed by atoms with E-state index >= 15 is 0 Å². The maximum atomic E-state index is 13.6. The van der Waals surface area contributed by atoms with Crippen LogP contribution in [0, 0.1) is 0 Å². The molecule has 6 nitrogen and oxygen atoms in total. The second-order valence-electron chi connectivity index (χ2n) is 3.22. The molecular formula is C9H7F2N5O. The fraction of sp³-hybridized carbons (Fsp3) is 0.222. The minimum Gasteiger partial charge on any atom is -0.290 e. The Morgan fingerprint density at radius 2 is 2.24 bits per heavy atom. The molecule has 0 fully saturated rings. The number of aromatic nitrogens is 5. The number of halogens is 2. The van der Waals surface area contributed by atoms with E-state index in [-0.39, 0.29) is 0 Å². The summed E-state index contributed by atoms with van der Waals surface area (Å²) in [7, 11) is 0. The van der Waals surface area contributed by atoms with Gasteiger partial charge in [0.05, 0.1) is 0 Å². The Morgan fingerprint density at radius 3 is 2.82 bits per heavy atom. The van der Waals surface area contributed by atoms with Crippen LogP contribution in [0.3, 0.4) is 0 Å². The summed E-state index contributed by atoms with van der Waals surface area (Å²) in [6.45, 7) is -0.601. The van der Waals surface area contributed by atoms with Crippen LogP contribution < -0.4 is 0 Å². The fourth-order valence-corrected chi connectivity index (χ4v) is 1.19. The first kappa shape index (κ1) is 11.2. The van der Waals surface area contributed by atoms with Gasteiger partial charge < -0.3 is 0 Å². The first-order valence-corrected chi connectivity index (χ1v) is 4.64. The molecular weight excluding hydrogens is 232 g/mol. The molecule has 8 heteroatoms. The lowest BCUT2D eigenvalue weighted by molar-refractivity contribution is -0.145. The first-order chi connectivity index (χ1) is 8.10. The van der Waals surface area contributed by atoms with Gasteiger partial charge in [-0.2, -0.15) is 8.78 Å². The van der Waals surface area contributed by atoms with Crippen LogP contribution in [0.15, 0.2) is 30.7 Å². The lowest BCUT2D eigenvalue weighted by Gasteiger charge is -2.13. The van der Waals surface area contributed by atoms with E-state index in [1.54, 1.807) is 0 Å². The van der Waals surface area contributed by atoms with Gasteiger partial charge in [0.2, 0.25) is 5.78 Å². The number of carbonyl (C=O) groups excluding carboxylic acids is 1. The third kappa shape index (κ3) is 2.30. The van der Waals surface area contributed by atoms with E-state index in [1.807, 2.05) is 0 Å². The minimum atomic E-state index is -3.65. The van der Waals surface area contributed by atoms with Crippen molar-refractivity contribution in [2.45, 2.75) is 12.5 Å². The summed E-state index contributed by atoms with van der Waals surface area (Å²) in [5, 5.41) is 9.84. The van der Waals surface area contributed by atoms with Crippen molar-refractivity contribution in [2.75, 3.05) is 0 Å². The Hall–Kier alpha value is -2.25. The number of hydrogen-bond acceptors (Lipinski definition) is 5. The third-order valence-electron chi connectivity index (χ3n) is 2.03. The molecule has 17 heavy (non-hydrogen) atoms. The van der Waals surface area contributed by atoms with Crippen molar-refractivity contribution in [3.63, 3.8) is 0 Å². The topological polar surface area (TPSA) is 73.6 Å². The first-order valence-electron chi connectivity index (χ1n) is 4.64.